The monoisotopic (exact) mass is 260 g/mol. The summed E-state index contributed by atoms with van der Waals surface area (Å²) in [6.45, 7) is 6.64. The van der Waals surface area contributed by atoms with Crippen molar-refractivity contribution in [1.82, 2.24) is 5.31 Å². The fourth-order valence-electron chi connectivity index (χ4n) is 1.29. The van der Waals surface area contributed by atoms with Crippen LogP contribution in [0.1, 0.15) is 32.3 Å². The van der Waals surface area contributed by atoms with Crippen LogP contribution in [0.3, 0.4) is 0 Å². The number of sulfone groups is 1. The maximum Gasteiger partial charge on any atom is 0.148 e. The molecule has 0 atom stereocenters. The predicted octanol–water partition coefficient (Wildman–Crippen LogP) is 1.71. The molecular formula is C12H21NO3S. The summed E-state index contributed by atoms with van der Waals surface area (Å²) in [7, 11) is -3.02. The second kappa shape index (κ2) is 5.23. The van der Waals surface area contributed by atoms with Gasteiger partial charge in [-0.2, -0.15) is 0 Å². The van der Waals surface area contributed by atoms with Crippen molar-refractivity contribution < 1.29 is 14.2 Å². The van der Waals surface area contributed by atoms with Crippen molar-refractivity contribution in [1.29, 1.82) is 0 Å². The second-order valence-electron chi connectivity index (χ2n) is 5.25. The Hall–Kier alpha value is -0.810. The van der Waals surface area contributed by atoms with E-state index in [0.717, 1.165) is 5.76 Å². The zero-order chi connectivity index (χ0) is 14.0. The normalized spacial score (nSPS) is 14.1. The summed E-state index contributed by atoms with van der Waals surface area (Å²) in [6.07, 6.45) is 1.17. The number of furan rings is 1. The van der Waals surface area contributed by atoms with Gasteiger partial charge < -0.3 is 9.73 Å². The highest BCUT2D eigenvalue weighted by Crippen LogP contribution is 2.23. The van der Waals surface area contributed by atoms with Gasteiger partial charge in [-0.3, -0.25) is 0 Å². The molecule has 98 valence electrons. The van der Waals surface area contributed by atoms with E-state index in [0.29, 0.717) is 12.3 Å². The first kappa shape index (κ1) is 12.6. The van der Waals surface area contributed by atoms with Crippen LogP contribution in [0.25, 0.3) is 0 Å². The van der Waals surface area contributed by atoms with Crippen molar-refractivity contribution in [2.75, 3.05) is 18.6 Å². The van der Waals surface area contributed by atoms with Crippen LogP contribution >= 0.6 is 0 Å². The van der Waals surface area contributed by atoms with Crippen molar-refractivity contribution in [3.8, 4) is 0 Å². The SMILES string of the molecule is [2H]N(CCS(C)(=O)=O)Cc1ccc(C(C)(C)C)o1. The number of hydrogen-bond donors (Lipinski definition) is 1. The molecule has 0 bridgehead atoms. The predicted molar refractivity (Wildman–Crippen MR) is 68.8 cm³/mol. The lowest BCUT2D eigenvalue weighted by Gasteiger charge is -2.14. The van der Waals surface area contributed by atoms with E-state index in [9.17, 15) is 8.42 Å². The van der Waals surface area contributed by atoms with E-state index < -0.39 is 9.84 Å². The van der Waals surface area contributed by atoms with Gasteiger partial charge in [-0.05, 0) is 12.1 Å². The molecular weight excluding hydrogens is 238 g/mol. The molecule has 17 heavy (non-hydrogen) atoms. The fraction of sp³-hybridized carbons (Fsp3) is 0.667. The van der Waals surface area contributed by atoms with Gasteiger partial charge in [0.25, 0.3) is 0 Å². The number of hydrogen-bond acceptors (Lipinski definition) is 4. The van der Waals surface area contributed by atoms with E-state index in [1.54, 1.807) is 0 Å². The van der Waals surface area contributed by atoms with E-state index in [1.165, 1.54) is 11.6 Å². The second-order valence-corrected chi connectivity index (χ2v) is 7.51. The van der Waals surface area contributed by atoms with E-state index in [2.05, 4.69) is 20.8 Å². The maximum absolute atomic E-state index is 11.0. The summed E-state index contributed by atoms with van der Waals surface area (Å²) in [5.41, 5.74) is -0.0577. The molecule has 0 saturated carbocycles. The van der Waals surface area contributed by atoms with Gasteiger partial charge in [0.2, 0.25) is 0 Å². The van der Waals surface area contributed by atoms with Crippen LogP contribution in [0.5, 0.6) is 0 Å². The molecule has 1 heterocycles. The summed E-state index contributed by atoms with van der Waals surface area (Å²) in [6, 6.07) is 3.74. The fourth-order valence-corrected chi connectivity index (χ4v) is 1.75. The lowest BCUT2D eigenvalue weighted by molar-refractivity contribution is 0.380. The molecule has 0 aliphatic carbocycles. The molecule has 1 aromatic heterocycles. The Kier molecular flexibility index (Phi) is 3.89. The summed E-state index contributed by atoms with van der Waals surface area (Å²) >= 11 is 0. The van der Waals surface area contributed by atoms with Gasteiger partial charge in [-0.25, -0.2) is 8.42 Å². The maximum atomic E-state index is 11.0. The third-order valence-corrected chi connectivity index (χ3v) is 3.21. The minimum Gasteiger partial charge on any atom is -0.464 e. The van der Waals surface area contributed by atoms with Gasteiger partial charge in [-0.1, -0.05) is 20.8 Å². The summed E-state index contributed by atoms with van der Waals surface area (Å²) in [5, 5.41) is 1.20. The van der Waals surface area contributed by atoms with E-state index in [-0.39, 0.29) is 17.7 Å². The summed E-state index contributed by atoms with van der Waals surface area (Å²) in [4.78, 5) is 0. The molecule has 0 amide bonds. The Labute approximate surface area is 105 Å². The van der Waals surface area contributed by atoms with Crippen LogP contribution in [0, 0.1) is 0 Å². The van der Waals surface area contributed by atoms with Crippen molar-refractivity contribution in [3.63, 3.8) is 0 Å². The standard InChI is InChI=1S/C12H21NO3S/c1-12(2,3)11-6-5-10(16-11)9-13-7-8-17(4,14)15/h5-6,13H,7-9H2,1-4H3/i/hD. The van der Waals surface area contributed by atoms with Crippen molar-refractivity contribution in [3.05, 3.63) is 23.7 Å². The number of nitrogens with one attached hydrogen (secondary N) is 1. The Morgan fingerprint density at radius 2 is 2.06 bits per heavy atom. The van der Waals surface area contributed by atoms with Crippen LogP contribution in [0.2, 0.25) is 1.41 Å². The molecule has 1 aromatic rings. The quantitative estimate of drug-likeness (QED) is 0.875. The largest absolute Gasteiger partial charge is 0.464 e. The van der Waals surface area contributed by atoms with Crippen molar-refractivity contribution in [2.45, 2.75) is 32.7 Å². The Morgan fingerprint density at radius 3 is 2.53 bits per heavy atom. The average molecular weight is 260 g/mol. The van der Waals surface area contributed by atoms with Crippen molar-refractivity contribution in [2.24, 2.45) is 0 Å². The summed E-state index contributed by atoms with van der Waals surface area (Å²) in [5.74, 6) is 1.54. The van der Waals surface area contributed by atoms with Crippen molar-refractivity contribution >= 4 is 9.84 Å². The smallest absolute Gasteiger partial charge is 0.148 e. The molecule has 0 saturated heterocycles. The molecule has 1 N–H and O–H groups in total. The van der Waals surface area contributed by atoms with Gasteiger partial charge in [0.05, 0.1) is 12.3 Å². The average Bonchev–Trinajstić information content (AvgIpc) is 2.61. The molecule has 0 spiro atoms. The summed E-state index contributed by atoms with van der Waals surface area (Å²) < 4.78 is 35.3. The minimum absolute atomic E-state index is 0.0106. The Morgan fingerprint density at radius 1 is 1.41 bits per heavy atom. The van der Waals surface area contributed by atoms with Crippen LogP contribution in [0.4, 0.5) is 0 Å². The highest BCUT2D eigenvalue weighted by molar-refractivity contribution is 7.90. The highest BCUT2D eigenvalue weighted by Gasteiger charge is 2.17. The molecule has 4 nitrogen and oxygen atoms in total. The molecule has 0 radical (unpaired) electrons. The first-order valence-corrected chi connectivity index (χ1v) is 7.65. The molecule has 0 fully saturated rings. The molecule has 1 rings (SSSR count). The van der Waals surface area contributed by atoms with Gasteiger partial charge >= 0.3 is 0 Å². The third-order valence-electron chi connectivity index (χ3n) is 2.29. The van der Waals surface area contributed by atoms with Crippen LogP contribution in [-0.4, -0.2) is 27.0 Å². The van der Waals surface area contributed by atoms with Crippen LogP contribution in [-0.2, 0) is 21.8 Å². The molecule has 0 unspecified atom stereocenters. The van der Waals surface area contributed by atoms with Gasteiger partial charge in [0.15, 0.2) is 0 Å². The van der Waals surface area contributed by atoms with Gasteiger partial charge in [0.1, 0.15) is 22.8 Å². The Balaban J connectivity index is 2.55. The van der Waals surface area contributed by atoms with E-state index >= 15 is 0 Å². The molecule has 0 aromatic carbocycles. The Bertz CT molecular complexity index is 488. The molecule has 0 aliphatic rings. The molecule has 0 aliphatic heterocycles. The lowest BCUT2D eigenvalue weighted by Crippen LogP contribution is -2.21. The van der Waals surface area contributed by atoms with Crippen LogP contribution < -0.4 is 5.31 Å². The third kappa shape index (κ3) is 5.37. The zero-order valence-corrected chi connectivity index (χ0v) is 11.7. The first-order chi connectivity index (χ1) is 8.08. The molecule has 5 heteroatoms. The van der Waals surface area contributed by atoms with Crippen LogP contribution in [0.15, 0.2) is 16.5 Å². The van der Waals surface area contributed by atoms with Gasteiger partial charge in [0, 0.05) is 18.2 Å². The first-order valence-electron chi connectivity index (χ1n) is 6.03. The topological polar surface area (TPSA) is 59.3 Å². The highest BCUT2D eigenvalue weighted by atomic mass is 32.2. The minimum atomic E-state index is -3.02. The zero-order valence-electron chi connectivity index (χ0n) is 11.9. The van der Waals surface area contributed by atoms with E-state index in [1.807, 2.05) is 12.1 Å². The van der Waals surface area contributed by atoms with Gasteiger partial charge in [-0.15, -0.1) is 0 Å². The number of rotatable bonds is 5. The lowest BCUT2D eigenvalue weighted by atomic mass is 9.94. The van der Waals surface area contributed by atoms with E-state index in [4.69, 9.17) is 5.83 Å².